The number of furan rings is 1. The number of halogens is 1. The normalized spacial score (nSPS) is 10.4. The summed E-state index contributed by atoms with van der Waals surface area (Å²) in [7, 11) is 1.26. The van der Waals surface area contributed by atoms with Gasteiger partial charge < -0.3 is 14.3 Å². The minimum Gasteiger partial charge on any atom is -0.478 e. The van der Waals surface area contributed by atoms with Crippen molar-refractivity contribution in [1.82, 2.24) is 0 Å². The molecule has 0 radical (unpaired) electrons. The first kappa shape index (κ1) is 15.1. The molecule has 0 aliphatic heterocycles. The SMILES string of the molecule is COC(=O)c1ccc(CSc2ccc(F)c(C(=O)O)c2)o1. The molecule has 0 amide bonds. The third-order valence-corrected chi connectivity index (χ3v) is 3.61. The zero-order chi connectivity index (χ0) is 15.4. The van der Waals surface area contributed by atoms with E-state index in [0.29, 0.717) is 16.4 Å². The summed E-state index contributed by atoms with van der Waals surface area (Å²) in [6, 6.07) is 6.97. The molecule has 21 heavy (non-hydrogen) atoms. The molecule has 0 bridgehead atoms. The third kappa shape index (κ3) is 3.63. The van der Waals surface area contributed by atoms with Crippen molar-refractivity contribution in [2.75, 3.05) is 7.11 Å². The molecule has 1 heterocycles. The smallest absolute Gasteiger partial charge is 0.373 e. The zero-order valence-electron chi connectivity index (χ0n) is 11.0. The molecule has 2 rings (SSSR count). The molecule has 0 aliphatic rings. The third-order valence-electron chi connectivity index (χ3n) is 2.60. The van der Waals surface area contributed by atoms with Crippen molar-refractivity contribution in [3.05, 3.63) is 53.2 Å². The molecule has 110 valence electrons. The lowest BCUT2D eigenvalue weighted by Crippen LogP contribution is -2.00. The van der Waals surface area contributed by atoms with Gasteiger partial charge in [-0.1, -0.05) is 0 Å². The summed E-state index contributed by atoms with van der Waals surface area (Å²) < 4.78 is 23.0. The molecule has 1 N–H and O–H groups in total. The van der Waals surface area contributed by atoms with Gasteiger partial charge in [0.2, 0.25) is 5.76 Å². The maximum atomic E-state index is 13.3. The number of carbonyl (C=O) groups is 2. The number of ether oxygens (including phenoxy) is 1. The summed E-state index contributed by atoms with van der Waals surface area (Å²) in [6.07, 6.45) is 0. The number of rotatable bonds is 5. The van der Waals surface area contributed by atoms with Crippen LogP contribution in [0.5, 0.6) is 0 Å². The van der Waals surface area contributed by atoms with Crippen molar-refractivity contribution in [2.45, 2.75) is 10.6 Å². The van der Waals surface area contributed by atoms with E-state index in [1.54, 1.807) is 6.07 Å². The van der Waals surface area contributed by atoms with Crippen LogP contribution >= 0.6 is 11.8 Å². The highest BCUT2D eigenvalue weighted by Crippen LogP contribution is 2.26. The number of methoxy groups -OCH3 is 1. The number of thioether (sulfide) groups is 1. The number of carboxylic acid groups (broad SMARTS) is 1. The first-order valence-corrected chi connectivity index (χ1v) is 6.82. The van der Waals surface area contributed by atoms with Crippen LogP contribution in [0.2, 0.25) is 0 Å². The topological polar surface area (TPSA) is 76.7 Å². The Bertz CT molecular complexity index is 680. The molecule has 0 atom stereocenters. The van der Waals surface area contributed by atoms with Crippen LogP contribution in [0.4, 0.5) is 4.39 Å². The number of hydrogen-bond acceptors (Lipinski definition) is 5. The number of carboxylic acids is 1. The van der Waals surface area contributed by atoms with Gasteiger partial charge >= 0.3 is 11.9 Å². The molecule has 0 aliphatic carbocycles. The van der Waals surface area contributed by atoms with E-state index >= 15 is 0 Å². The fourth-order valence-corrected chi connectivity index (χ4v) is 2.41. The molecule has 7 heteroatoms. The standard InChI is InChI=1S/C14H11FO5S/c1-19-14(18)12-5-2-8(20-12)7-21-9-3-4-11(15)10(6-9)13(16)17/h2-6H,7H2,1H3,(H,16,17). The second kappa shape index (κ2) is 6.45. The molecule has 1 aromatic carbocycles. The van der Waals surface area contributed by atoms with Crippen molar-refractivity contribution < 1.29 is 28.2 Å². The van der Waals surface area contributed by atoms with Crippen molar-refractivity contribution in [3.8, 4) is 0 Å². The average molecular weight is 310 g/mol. The Morgan fingerprint density at radius 3 is 2.76 bits per heavy atom. The summed E-state index contributed by atoms with van der Waals surface area (Å²) in [4.78, 5) is 22.7. The van der Waals surface area contributed by atoms with Gasteiger partial charge in [-0.2, -0.15) is 0 Å². The van der Waals surface area contributed by atoms with E-state index in [0.717, 1.165) is 6.07 Å². The Balaban J connectivity index is 2.06. The van der Waals surface area contributed by atoms with Gasteiger partial charge in [-0.05, 0) is 30.3 Å². The van der Waals surface area contributed by atoms with Crippen LogP contribution in [-0.4, -0.2) is 24.2 Å². The predicted molar refractivity (Wildman–Crippen MR) is 73.0 cm³/mol. The molecule has 0 fully saturated rings. The molecular weight excluding hydrogens is 299 g/mol. The van der Waals surface area contributed by atoms with Crippen molar-refractivity contribution >= 4 is 23.7 Å². The molecule has 0 saturated carbocycles. The van der Waals surface area contributed by atoms with Gasteiger partial charge in [0, 0.05) is 4.90 Å². The van der Waals surface area contributed by atoms with E-state index in [4.69, 9.17) is 9.52 Å². The Hall–Kier alpha value is -2.28. The maximum Gasteiger partial charge on any atom is 0.373 e. The monoisotopic (exact) mass is 310 g/mol. The van der Waals surface area contributed by atoms with Crippen LogP contribution in [0.3, 0.4) is 0 Å². The fraction of sp³-hybridized carbons (Fsp3) is 0.143. The van der Waals surface area contributed by atoms with E-state index in [1.807, 2.05) is 0 Å². The Morgan fingerprint density at radius 1 is 1.33 bits per heavy atom. The van der Waals surface area contributed by atoms with Crippen LogP contribution in [0.25, 0.3) is 0 Å². The van der Waals surface area contributed by atoms with Crippen molar-refractivity contribution in [2.24, 2.45) is 0 Å². The minimum absolute atomic E-state index is 0.0958. The van der Waals surface area contributed by atoms with E-state index in [2.05, 4.69) is 4.74 Å². The van der Waals surface area contributed by atoms with Gasteiger partial charge in [0.1, 0.15) is 11.6 Å². The Morgan fingerprint density at radius 2 is 2.10 bits per heavy atom. The first-order chi connectivity index (χ1) is 10.0. The van der Waals surface area contributed by atoms with Crippen LogP contribution < -0.4 is 0 Å². The molecule has 0 spiro atoms. The van der Waals surface area contributed by atoms with Gasteiger partial charge in [-0.3, -0.25) is 0 Å². The van der Waals surface area contributed by atoms with E-state index < -0.39 is 17.8 Å². The molecule has 2 aromatic rings. The second-order valence-corrected chi connectivity index (χ2v) is 5.04. The van der Waals surface area contributed by atoms with Crippen molar-refractivity contribution in [1.29, 1.82) is 0 Å². The second-order valence-electron chi connectivity index (χ2n) is 3.99. The maximum absolute atomic E-state index is 13.3. The lowest BCUT2D eigenvalue weighted by atomic mass is 10.2. The highest BCUT2D eigenvalue weighted by molar-refractivity contribution is 7.98. The van der Waals surface area contributed by atoms with E-state index in [-0.39, 0.29) is 11.3 Å². The van der Waals surface area contributed by atoms with Crippen LogP contribution in [0, 0.1) is 5.82 Å². The predicted octanol–water partition coefficient (Wildman–Crippen LogP) is 3.20. The lowest BCUT2D eigenvalue weighted by Gasteiger charge is -2.02. The van der Waals surface area contributed by atoms with E-state index in [9.17, 15) is 14.0 Å². The highest BCUT2D eigenvalue weighted by atomic mass is 32.2. The lowest BCUT2D eigenvalue weighted by molar-refractivity contribution is 0.0563. The van der Waals surface area contributed by atoms with Crippen LogP contribution in [-0.2, 0) is 10.5 Å². The zero-order valence-corrected chi connectivity index (χ0v) is 11.8. The molecule has 0 saturated heterocycles. The quantitative estimate of drug-likeness (QED) is 0.675. The summed E-state index contributed by atoms with van der Waals surface area (Å²) in [6.45, 7) is 0. The van der Waals surface area contributed by atoms with Crippen LogP contribution in [0.15, 0.2) is 39.6 Å². The summed E-state index contributed by atoms with van der Waals surface area (Å²) in [5.74, 6) is -1.67. The van der Waals surface area contributed by atoms with Gasteiger partial charge in [0.25, 0.3) is 0 Å². The fourth-order valence-electron chi connectivity index (χ4n) is 1.58. The molecule has 1 aromatic heterocycles. The summed E-state index contributed by atoms with van der Waals surface area (Å²) in [5, 5.41) is 8.85. The Kier molecular flexibility index (Phi) is 4.64. The number of aromatic carboxylic acids is 1. The van der Waals surface area contributed by atoms with Gasteiger partial charge in [0.15, 0.2) is 0 Å². The van der Waals surface area contributed by atoms with Crippen LogP contribution in [0.1, 0.15) is 26.7 Å². The van der Waals surface area contributed by atoms with Gasteiger partial charge in [0.05, 0.1) is 18.4 Å². The van der Waals surface area contributed by atoms with Gasteiger partial charge in [-0.25, -0.2) is 14.0 Å². The Labute approximate surface area is 123 Å². The number of hydrogen-bond donors (Lipinski definition) is 1. The largest absolute Gasteiger partial charge is 0.478 e. The number of benzene rings is 1. The average Bonchev–Trinajstić information content (AvgIpc) is 2.94. The van der Waals surface area contributed by atoms with Crippen molar-refractivity contribution in [3.63, 3.8) is 0 Å². The number of carbonyl (C=O) groups excluding carboxylic acids is 1. The first-order valence-electron chi connectivity index (χ1n) is 5.84. The summed E-state index contributed by atoms with van der Waals surface area (Å²) in [5.41, 5.74) is -0.380. The van der Waals surface area contributed by atoms with E-state index in [1.165, 1.54) is 37.1 Å². The summed E-state index contributed by atoms with van der Waals surface area (Å²) >= 11 is 1.27. The van der Waals surface area contributed by atoms with Gasteiger partial charge in [-0.15, -0.1) is 11.8 Å². The molecule has 0 unspecified atom stereocenters. The number of esters is 1. The highest BCUT2D eigenvalue weighted by Gasteiger charge is 2.13. The molecular formula is C14H11FO5S. The molecule has 5 nitrogen and oxygen atoms in total. The minimum atomic E-state index is -1.32.